The summed E-state index contributed by atoms with van der Waals surface area (Å²) < 4.78 is 83.1. The van der Waals surface area contributed by atoms with E-state index in [4.69, 9.17) is 16.7 Å². The molecule has 0 fully saturated rings. The number of amides is 1. The summed E-state index contributed by atoms with van der Waals surface area (Å²) in [5.74, 6) is -2.67. The molecule has 12 heteroatoms. The number of carbonyl (C=O) groups excluding carboxylic acids is 1. The molecule has 1 amide bonds. The molecule has 202 valence electrons. The van der Waals surface area contributed by atoms with Gasteiger partial charge in [0.2, 0.25) is 0 Å². The highest BCUT2D eigenvalue weighted by Gasteiger charge is 2.41. The molecule has 38 heavy (non-hydrogen) atoms. The van der Waals surface area contributed by atoms with E-state index in [-0.39, 0.29) is 22.4 Å². The number of hydrogen-bond acceptors (Lipinski definition) is 3. The molecule has 0 radical (unpaired) electrons. The Morgan fingerprint density at radius 3 is 2.16 bits per heavy atom. The molecule has 3 aromatic rings. The molecule has 0 aliphatic heterocycles. The summed E-state index contributed by atoms with van der Waals surface area (Å²) in [5.41, 5.74) is -1.66. The first-order chi connectivity index (χ1) is 17.6. The van der Waals surface area contributed by atoms with E-state index in [0.29, 0.717) is 16.7 Å². The predicted octanol–water partition coefficient (Wildman–Crippen LogP) is 7.25. The van der Waals surface area contributed by atoms with Crippen LogP contribution < -0.4 is 10.6 Å². The second-order valence-electron chi connectivity index (χ2n) is 8.50. The molecular weight excluding hydrogens is 538 g/mol. The van der Waals surface area contributed by atoms with Crippen LogP contribution in [0.4, 0.5) is 32.0 Å². The Balaban J connectivity index is 1.99. The molecule has 0 aromatic heterocycles. The summed E-state index contributed by atoms with van der Waals surface area (Å²) in [6, 6.07) is 8.45. The van der Waals surface area contributed by atoms with Crippen molar-refractivity contribution in [2.45, 2.75) is 38.3 Å². The number of aryl methyl sites for hydroxylation is 1. The number of hydrogen-bond donors (Lipinski definition) is 3. The number of aliphatic carboxylic acids is 1. The SMILES string of the molecule is Cc1cc([C@H](Nc2cccc(-c3ccc(C(=O)NC(C)C(=O)O)c(C(F)(F)F)c3)c2)C(F)(F)F)ccc1Cl. The summed E-state index contributed by atoms with van der Waals surface area (Å²) in [6.07, 6.45) is -9.68. The third-order valence-electron chi connectivity index (χ3n) is 5.64. The van der Waals surface area contributed by atoms with Crippen molar-refractivity contribution in [3.63, 3.8) is 0 Å². The summed E-state index contributed by atoms with van der Waals surface area (Å²) in [7, 11) is 0. The van der Waals surface area contributed by atoms with Gasteiger partial charge < -0.3 is 15.7 Å². The van der Waals surface area contributed by atoms with Gasteiger partial charge in [0, 0.05) is 10.7 Å². The predicted molar refractivity (Wildman–Crippen MR) is 130 cm³/mol. The first-order valence-electron chi connectivity index (χ1n) is 11.0. The van der Waals surface area contributed by atoms with Crippen LogP contribution in [0.25, 0.3) is 11.1 Å². The number of alkyl halides is 6. The molecule has 0 heterocycles. The molecule has 3 rings (SSSR count). The zero-order valence-corrected chi connectivity index (χ0v) is 20.6. The Hall–Kier alpha value is -3.73. The largest absolute Gasteiger partial charge is 0.480 e. The van der Waals surface area contributed by atoms with Crippen LogP contribution in [0, 0.1) is 6.92 Å². The summed E-state index contributed by atoms with van der Waals surface area (Å²) in [4.78, 5) is 23.3. The van der Waals surface area contributed by atoms with Crippen LogP contribution in [0.5, 0.6) is 0 Å². The van der Waals surface area contributed by atoms with Crippen molar-refractivity contribution in [1.82, 2.24) is 5.32 Å². The van der Waals surface area contributed by atoms with Crippen molar-refractivity contribution in [3.8, 4) is 11.1 Å². The molecule has 0 saturated carbocycles. The van der Waals surface area contributed by atoms with E-state index < -0.39 is 47.4 Å². The van der Waals surface area contributed by atoms with Crippen molar-refractivity contribution in [2.24, 2.45) is 0 Å². The zero-order valence-electron chi connectivity index (χ0n) is 19.8. The number of halogens is 7. The van der Waals surface area contributed by atoms with E-state index in [0.717, 1.165) is 13.0 Å². The molecule has 0 aliphatic carbocycles. The third-order valence-corrected chi connectivity index (χ3v) is 6.06. The van der Waals surface area contributed by atoms with Gasteiger partial charge in [-0.3, -0.25) is 9.59 Å². The molecule has 1 unspecified atom stereocenters. The lowest BCUT2D eigenvalue weighted by atomic mass is 9.97. The number of carbonyl (C=O) groups is 2. The quantitative estimate of drug-likeness (QED) is 0.267. The maximum Gasteiger partial charge on any atom is 0.417 e. The molecular formula is C26H21ClF6N2O3. The number of carboxylic acid groups (broad SMARTS) is 1. The Labute approximate surface area is 218 Å². The van der Waals surface area contributed by atoms with Gasteiger partial charge in [0.05, 0.1) is 11.1 Å². The van der Waals surface area contributed by atoms with Gasteiger partial charge >= 0.3 is 18.3 Å². The van der Waals surface area contributed by atoms with E-state index in [2.05, 4.69) is 5.32 Å². The molecule has 0 bridgehead atoms. The van der Waals surface area contributed by atoms with Crippen molar-refractivity contribution in [2.75, 3.05) is 5.32 Å². The Bertz CT molecular complexity index is 1360. The fraction of sp³-hybridized carbons (Fsp3) is 0.231. The number of benzene rings is 3. The summed E-state index contributed by atoms with van der Waals surface area (Å²) in [6.45, 7) is 2.66. The molecule has 3 aromatic carbocycles. The number of nitrogens with one attached hydrogen (secondary N) is 2. The van der Waals surface area contributed by atoms with Gasteiger partial charge in [-0.25, -0.2) is 0 Å². The van der Waals surface area contributed by atoms with E-state index >= 15 is 0 Å². The summed E-state index contributed by atoms with van der Waals surface area (Å²) in [5, 5.41) is 13.6. The Morgan fingerprint density at radius 2 is 1.58 bits per heavy atom. The minimum absolute atomic E-state index is 0.0110. The van der Waals surface area contributed by atoms with Gasteiger partial charge in [0.25, 0.3) is 5.91 Å². The maximum absolute atomic E-state index is 13.9. The lowest BCUT2D eigenvalue weighted by molar-refractivity contribution is -0.144. The maximum atomic E-state index is 13.9. The lowest BCUT2D eigenvalue weighted by Gasteiger charge is -2.24. The smallest absolute Gasteiger partial charge is 0.417 e. The molecule has 2 atom stereocenters. The van der Waals surface area contributed by atoms with Crippen LogP contribution in [0.1, 0.15) is 40.0 Å². The average molecular weight is 559 g/mol. The normalized spacial score (nSPS) is 13.5. The first-order valence-corrected chi connectivity index (χ1v) is 11.4. The molecule has 0 spiro atoms. The average Bonchev–Trinajstić information content (AvgIpc) is 2.82. The van der Waals surface area contributed by atoms with E-state index in [1.165, 1.54) is 48.5 Å². The number of carboxylic acids is 1. The molecule has 0 aliphatic rings. The number of anilines is 1. The van der Waals surface area contributed by atoms with Gasteiger partial charge in [-0.05, 0) is 66.4 Å². The number of rotatable bonds is 7. The van der Waals surface area contributed by atoms with Crippen molar-refractivity contribution >= 4 is 29.2 Å². The van der Waals surface area contributed by atoms with Crippen LogP contribution in [0.3, 0.4) is 0 Å². The van der Waals surface area contributed by atoms with E-state index in [1.807, 2.05) is 5.32 Å². The fourth-order valence-electron chi connectivity index (χ4n) is 3.65. The van der Waals surface area contributed by atoms with E-state index in [1.54, 1.807) is 6.92 Å². The topological polar surface area (TPSA) is 78.4 Å². The van der Waals surface area contributed by atoms with Crippen LogP contribution in [0.15, 0.2) is 60.7 Å². The highest BCUT2D eigenvalue weighted by atomic mass is 35.5. The van der Waals surface area contributed by atoms with Crippen LogP contribution in [0.2, 0.25) is 5.02 Å². The fourth-order valence-corrected chi connectivity index (χ4v) is 3.77. The highest BCUT2D eigenvalue weighted by Crippen LogP contribution is 2.39. The van der Waals surface area contributed by atoms with Crippen LogP contribution in [-0.4, -0.2) is 29.2 Å². The van der Waals surface area contributed by atoms with Crippen LogP contribution in [-0.2, 0) is 11.0 Å². The van der Waals surface area contributed by atoms with E-state index in [9.17, 15) is 35.9 Å². The monoisotopic (exact) mass is 558 g/mol. The van der Waals surface area contributed by atoms with Crippen molar-refractivity contribution in [1.29, 1.82) is 0 Å². The second-order valence-corrected chi connectivity index (χ2v) is 8.91. The van der Waals surface area contributed by atoms with Gasteiger partial charge in [0.1, 0.15) is 12.1 Å². The van der Waals surface area contributed by atoms with Crippen molar-refractivity contribution < 1.29 is 41.0 Å². The molecule has 0 saturated heterocycles. The minimum Gasteiger partial charge on any atom is -0.480 e. The summed E-state index contributed by atoms with van der Waals surface area (Å²) >= 11 is 5.93. The zero-order chi connectivity index (χ0) is 28.4. The Morgan fingerprint density at radius 1 is 0.921 bits per heavy atom. The molecule has 5 nitrogen and oxygen atoms in total. The lowest BCUT2D eigenvalue weighted by Crippen LogP contribution is -2.39. The second kappa shape index (κ2) is 10.9. The third kappa shape index (κ3) is 6.77. The standard InChI is InChI=1S/C26H21ClF6N2O3/c1-13-10-17(7-9-21(13)27)22(26(31,32)33)35-18-5-3-4-15(11-18)16-6-8-19(20(12-16)25(28,29)30)23(36)34-14(2)24(37)38/h3-12,14,22,35H,1-2H3,(H,34,36)(H,37,38)/t14?,22-/m0/s1. The van der Waals surface area contributed by atoms with Crippen LogP contribution >= 0.6 is 11.6 Å². The molecule has 3 N–H and O–H groups in total. The van der Waals surface area contributed by atoms with Gasteiger partial charge in [-0.2, -0.15) is 26.3 Å². The minimum atomic E-state index is -4.97. The van der Waals surface area contributed by atoms with Crippen molar-refractivity contribution in [3.05, 3.63) is 87.9 Å². The first kappa shape index (κ1) is 28.8. The van der Waals surface area contributed by atoms with Gasteiger partial charge in [-0.1, -0.05) is 41.9 Å². The van der Waals surface area contributed by atoms with Gasteiger partial charge in [-0.15, -0.1) is 0 Å². The Kier molecular flexibility index (Phi) is 8.30. The van der Waals surface area contributed by atoms with Gasteiger partial charge in [0.15, 0.2) is 0 Å². The highest BCUT2D eigenvalue weighted by molar-refractivity contribution is 6.31.